The van der Waals surface area contributed by atoms with Gasteiger partial charge in [-0.3, -0.25) is 9.89 Å². The van der Waals surface area contributed by atoms with Crippen LogP contribution in [-0.2, 0) is 13.0 Å². The molecule has 0 unspecified atom stereocenters. The van der Waals surface area contributed by atoms with Gasteiger partial charge in [-0.2, -0.15) is 5.10 Å². The van der Waals surface area contributed by atoms with E-state index >= 15 is 0 Å². The molecule has 1 aromatic heterocycles. The van der Waals surface area contributed by atoms with Gasteiger partial charge in [0.1, 0.15) is 12.4 Å². The number of hydrogen-bond donors (Lipinski definition) is 2. The molecule has 1 aromatic carbocycles. The van der Waals surface area contributed by atoms with E-state index in [9.17, 15) is 14.7 Å². The Labute approximate surface area is 144 Å². The van der Waals surface area contributed by atoms with Crippen LogP contribution >= 0.6 is 0 Å². The Morgan fingerprint density at radius 2 is 2.16 bits per heavy atom. The number of anilines is 1. The number of carbonyl (C=O) groups is 2. The number of carboxylic acid groups (broad SMARTS) is 1. The predicted molar refractivity (Wildman–Crippen MR) is 89.2 cm³/mol. The molecule has 0 atom stereocenters. The van der Waals surface area contributed by atoms with E-state index < -0.39 is 5.97 Å². The lowest BCUT2D eigenvalue weighted by atomic mass is 10.0. The van der Waals surface area contributed by atoms with E-state index in [0.717, 1.165) is 17.9 Å². The highest BCUT2D eigenvalue weighted by atomic mass is 16.5. The largest absolute Gasteiger partial charge is 0.490 e. The van der Waals surface area contributed by atoms with E-state index in [1.54, 1.807) is 17.0 Å². The number of fused-ring (bicyclic) bond motifs is 2. The molecule has 0 fully saturated rings. The third kappa shape index (κ3) is 2.59. The summed E-state index contributed by atoms with van der Waals surface area (Å²) in [6.07, 6.45) is 0.561. The molecule has 2 N–H and O–H groups in total. The summed E-state index contributed by atoms with van der Waals surface area (Å²) in [7, 11) is 1.99. The number of aromatic carboxylic acids is 1. The standard InChI is InChI=1S/C17H18N4O4/c1-20-6-7-25-14-8-10(2-3-13(14)20)16(22)21-5-4-12-11(9-21)15(17(23)24)19-18-12/h2-3,8H,4-7,9H2,1H3,(H,18,19)(H,23,24). The Morgan fingerprint density at radius 1 is 1.32 bits per heavy atom. The van der Waals surface area contributed by atoms with Gasteiger partial charge in [-0.15, -0.1) is 0 Å². The van der Waals surface area contributed by atoms with Crippen molar-refractivity contribution < 1.29 is 19.4 Å². The van der Waals surface area contributed by atoms with Crippen LogP contribution in [0, 0.1) is 0 Å². The normalized spacial score (nSPS) is 16.0. The zero-order valence-corrected chi connectivity index (χ0v) is 13.8. The van der Waals surface area contributed by atoms with Crippen LogP contribution in [0.2, 0.25) is 0 Å². The molecule has 2 aliphatic heterocycles. The maximum Gasteiger partial charge on any atom is 0.356 e. The molecule has 0 radical (unpaired) electrons. The molecule has 25 heavy (non-hydrogen) atoms. The van der Waals surface area contributed by atoms with E-state index in [-0.39, 0.29) is 18.1 Å². The summed E-state index contributed by atoms with van der Waals surface area (Å²) in [6, 6.07) is 5.43. The van der Waals surface area contributed by atoms with Gasteiger partial charge in [0.25, 0.3) is 5.91 Å². The van der Waals surface area contributed by atoms with Crippen molar-refractivity contribution in [2.75, 3.05) is 31.6 Å². The van der Waals surface area contributed by atoms with Crippen LogP contribution in [0.1, 0.15) is 32.1 Å². The molecule has 1 amide bonds. The van der Waals surface area contributed by atoms with E-state index in [1.807, 2.05) is 13.1 Å². The van der Waals surface area contributed by atoms with Crippen molar-refractivity contribution in [3.05, 3.63) is 40.7 Å². The smallest absolute Gasteiger partial charge is 0.356 e. The molecule has 2 aliphatic rings. The molecule has 0 spiro atoms. The first-order valence-corrected chi connectivity index (χ1v) is 8.11. The number of nitrogens with zero attached hydrogens (tertiary/aromatic N) is 3. The molecular formula is C17H18N4O4. The summed E-state index contributed by atoms with van der Waals surface area (Å²) < 4.78 is 5.66. The topological polar surface area (TPSA) is 98.8 Å². The highest BCUT2D eigenvalue weighted by molar-refractivity contribution is 5.96. The number of aromatic amines is 1. The Morgan fingerprint density at radius 3 is 2.96 bits per heavy atom. The number of hydrogen-bond acceptors (Lipinski definition) is 5. The second-order valence-corrected chi connectivity index (χ2v) is 6.26. The highest BCUT2D eigenvalue weighted by Crippen LogP contribution is 2.32. The number of ether oxygens (including phenoxy) is 1. The first kappa shape index (κ1) is 15.5. The van der Waals surface area contributed by atoms with Gasteiger partial charge in [0.2, 0.25) is 0 Å². The maximum atomic E-state index is 12.9. The minimum atomic E-state index is -1.09. The molecule has 0 bridgehead atoms. The molecule has 8 heteroatoms. The number of amides is 1. The van der Waals surface area contributed by atoms with Gasteiger partial charge in [0.05, 0.1) is 18.8 Å². The monoisotopic (exact) mass is 342 g/mol. The van der Waals surface area contributed by atoms with Crippen molar-refractivity contribution in [1.82, 2.24) is 15.1 Å². The lowest BCUT2D eigenvalue weighted by Crippen LogP contribution is -2.36. The lowest BCUT2D eigenvalue weighted by molar-refractivity contribution is 0.0674. The lowest BCUT2D eigenvalue weighted by Gasteiger charge is -2.29. The first-order chi connectivity index (χ1) is 12.0. The number of carbonyl (C=O) groups excluding carboxylic acids is 1. The number of nitrogens with one attached hydrogen (secondary N) is 1. The third-order valence-corrected chi connectivity index (χ3v) is 4.73. The minimum Gasteiger partial charge on any atom is -0.490 e. The quantitative estimate of drug-likeness (QED) is 0.849. The third-order valence-electron chi connectivity index (χ3n) is 4.73. The van der Waals surface area contributed by atoms with Crippen molar-refractivity contribution >= 4 is 17.6 Å². The second kappa shape index (κ2) is 5.80. The number of rotatable bonds is 2. The zero-order valence-electron chi connectivity index (χ0n) is 13.8. The van der Waals surface area contributed by atoms with Gasteiger partial charge in [0.15, 0.2) is 5.69 Å². The van der Waals surface area contributed by atoms with E-state index in [2.05, 4.69) is 15.1 Å². The summed E-state index contributed by atoms with van der Waals surface area (Å²) in [5.74, 6) is -0.522. The first-order valence-electron chi connectivity index (χ1n) is 8.11. The summed E-state index contributed by atoms with van der Waals surface area (Å²) in [6.45, 7) is 2.16. The number of H-pyrrole nitrogens is 1. The van der Waals surface area contributed by atoms with Crippen LogP contribution in [0.3, 0.4) is 0 Å². The molecule has 0 saturated carbocycles. The van der Waals surface area contributed by atoms with Gasteiger partial charge < -0.3 is 19.6 Å². The fourth-order valence-electron chi connectivity index (χ4n) is 3.32. The van der Waals surface area contributed by atoms with Crippen LogP contribution in [0.4, 0.5) is 5.69 Å². The van der Waals surface area contributed by atoms with Gasteiger partial charge >= 0.3 is 5.97 Å². The molecule has 2 aromatic rings. The van der Waals surface area contributed by atoms with Gasteiger partial charge in [-0.1, -0.05) is 0 Å². The fourth-order valence-corrected chi connectivity index (χ4v) is 3.32. The number of aromatic nitrogens is 2. The summed E-state index contributed by atoms with van der Waals surface area (Å²) in [4.78, 5) is 27.9. The molecule has 130 valence electrons. The molecule has 4 rings (SSSR count). The van der Waals surface area contributed by atoms with Crippen molar-refractivity contribution in [3.8, 4) is 5.75 Å². The average molecular weight is 342 g/mol. The van der Waals surface area contributed by atoms with Crippen molar-refractivity contribution in [2.24, 2.45) is 0 Å². The Hall–Kier alpha value is -3.03. The number of carboxylic acids is 1. The average Bonchev–Trinajstić information content (AvgIpc) is 3.04. The molecule has 0 aliphatic carbocycles. The van der Waals surface area contributed by atoms with Crippen molar-refractivity contribution in [1.29, 1.82) is 0 Å². The van der Waals surface area contributed by atoms with E-state index in [4.69, 9.17) is 4.74 Å². The highest BCUT2D eigenvalue weighted by Gasteiger charge is 2.28. The Kier molecular flexibility index (Phi) is 3.60. The van der Waals surface area contributed by atoms with Crippen LogP contribution in [0.5, 0.6) is 5.75 Å². The second-order valence-electron chi connectivity index (χ2n) is 6.26. The maximum absolute atomic E-state index is 12.9. The Balaban J connectivity index is 1.59. The minimum absolute atomic E-state index is 0.0112. The van der Waals surface area contributed by atoms with E-state index in [1.165, 1.54) is 0 Å². The summed E-state index contributed by atoms with van der Waals surface area (Å²) in [5.41, 5.74) is 2.87. The molecule has 3 heterocycles. The van der Waals surface area contributed by atoms with Crippen LogP contribution in [-0.4, -0.2) is 58.8 Å². The predicted octanol–water partition coefficient (Wildman–Crippen LogP) is 1.13. The zero-order chi connectivity index (χ0) is 17.6. The fraction of sp³-hybridized carbons (Fsp3) is 0.353. The summed E-state index contributed by atoms with van der Waals surface area (Å²) >= 11 is 0. The van der Waals surface area contributed by atoms with Crippen molar-refractivity contribution in [3.63, 3.8) is 0 Å². The van der Waals surface area contributed by atoms with Gasteiger partial charge in [-0.05, 0) is 18.2 Å². The van der Waals surface area contributed by atoms with Crippen LogP contribution in [0.25, 0.3) is 0 Å². The van der Waals surface area contributed by atoms with E-state index in [0.29, 0.717) is 36.4 Å². The Bertz CT molecular complexity index is 860. The van der Waals surface area contributed by atoms with Crippen molar-refractivity contribution in [2.45, 2.75) is 13.0 Å². The molecular weight excluding hydrogens is 324 g/mol. The summed E-state index contributed by atoms with van der Waals surface area (Å²) in [5, 5.41) is 15.8. The number of likely N-dealkylation sites (N-methyl/N-ethyl adjacent to an activating group) is 1. The van der Waals surface area contributed by atoms with Crippen LogP contribution < -0.4 is 9.64 Å². The molecule has 0 saturated heterocycles. The number of benzene rings is 1. The van der Waals surface area contributed by atoms with Crippen LogP contribution in [0.15, 0.2) is 18.2 Å². The SMILES string of the molecule is CN1CCOc2cc(C(=O)N3CCc4[nH]nc(C(=O)O)c4C3)ccc21. The van der Waals surface area contributed by atoms with Gasteiger partial charge in [0, 0.05) is 36.8 Å². The molecule has 8 nitrogen and oxygen atoms in total. The van der Waals surface area contributed by atoms with Gasteiger partial charge in [-0.25, -0.2) is 4.79 Å².